The van der Waals surface area contributed by atoms with Crippen LogP contribution in [0.5, 0.6) is 11.5 Å². The third-order valence-corrected chi connectivity index (χ3v) is 5.87. The fourth-order valence-corrected chi connectivity index (χ4v) is 4.45. The topological polar surface area (TPSA) is 84.9 Å². The van der Waals surface area contributed by atoms with E-state index in [1.54, 1.807) is 24.3 Å². The molecular weight excluding hydrogens is 440 g/mol. The number of aryl methyl sites for hydroxylation is 3. The van der Waals surface area contributed by atoms with Gasteiger partial charge in [-0.05, 0) is 81.3 Å². The van der Waals surface area contributed by atoms with Crippen LogP contribution in [0.1, 0.15) is 36.1 Å². The fraction of sp³-hybridized carbons (Fsp3) is 0.320. The quantitative estimate of drug-likeness (QED) is 0.570. The predicted molar refractivity (Wildman–Crippen MR) is 131 cm³/mol. The number of imide groups is 1. The smallest absolute Gasteiger partial charge is 0.294 e. The molecule has 0 spiro atoms. The number of ether oxygens (including phenoxy) is 2. The summed E-state index contributed by atoms with van der Waals surface area (Å²) in [4.78, 5) is 39.1. The molecule has 1 N–H and O–H groups in total. The Bertz CT molecular complexity index is 1120. The van der Waals surface area contributed by atoms with Crippen LogP contribution in [0, 0.1) is 20.8 Å². The zero-order valence-electron chi connectivity index (χ0n) is 19.6. The summed E-state index contributed by atoms with van der Waals surface area (Å²) in [5.41, 5.74) is 4.33. The van der Waals surface area contributed by atoms with Crippen molar-refractivity contribution < 1.29 is 23.9 Å². The molecule has 3 rings (SSSR count). The van der Waals surface area contributed by atoms with Gasteiger partial charge in [-0.3, -0.25) is 19.3 Å². The molecule has 7 nitrogen and oxygen atoms in total. The molecule has 1 aliphatic heterocycles. The lowest BCUT2D eigenvalue weighted by molar-refractivity contribution is -0.127. The number of carbonyl (C=O) groups is 3. The Labute approximate surface area is 198 Å². The van der Waals surface area contributed by atoms with Gasteiger partial charge in [-0.25, -0.2) is 0 Å². The minimum atomic E-state index is -0.501. The largest absolute Gasteiger partial charge is 0.493 e. The second kappa shape index (κ2) is 10.1. The highest BCUT2D eigenvalue weighted by Gasteiger charge is 2.36. The molecule has 33 heavy (non-hydrogen) atoms. The molecule has 1 heterocycles. The standard InChI is InChI=1S/C25H28N2O5S/c1-14(2)32-19-8-7-18(11-20(19)31-6)12-21-24(29)27(25(30)33-21)13-22(28)26-23-16(4)9-15(3)10-17(23)5/h7-12,14H,13H2,1-6H3,(H,26,28)/b21-12-. The third kappa shape index (κ3) is 5.76. The van der Waals surface area contributed by atoms with E-state index in [-0.39, 0.29) is 17.6 Å². The van der Waals surface area contributed by atoms with Crippen molar-refractivity contribution >= 4 is 40.6 Å². The summed E-state index contributed by atoms with van der Waals surface area (Å²) in [6.45, 7) is 9.29. The maximum atomic E-state index is 12.8. The second-order valence-electron chi connectivity index (χ2n) is 8.17. The summed E-state index contributed by atoms with van der Waals surface area (Å²) >= 11 is 0.808. The molecule has 0 radical (unpaired) electrons. The van der Waals surface area contributed by atoms with E-state index in [2.05, 4.69) is 5.32 Å². The first-order valence-electron chi connectivity index (χ1n) is 10.6. The van der Waals surface area contributed by atoms with Gasteiger partial charge in [0.1, 0.15) is 6.54 Å². The molecule has 0 aromatic heterocycles. The minimum absolute atomic E-state index is 0.0140. The first kappa shape index (κ1) is 24.4. The molecule has 0 atom stereocenters. The van der Waals surface area contributed by atoms with Crippen molar-refractivity contribution in [1.82, 2.24) is 4.90 Å². The van der Waals surface area contributed by atoms with E-state index < -0.39 is 17.1 Å². The molecule has 1 aliphatic rings. The first-order chi connectivity index (χ1) is 15.6. The monoisotopic (exact) mass is 468 g/mol. The molecule has 0 unspecified atom stereocenters. The van der Waals surface area contributed by atoms with Gasteiger partial charge in [0.25, 0.3) is 11.1 Å². The van der Waals surface area contributed by atoms with E-state index in [0.717, 1.165) is 33.4 Å². The van der Waals surface area contributed by atoms with E-state index in [1.807, 2.05) is 46.8 Å². The lowest BCUT2D eigenvalue weighted by atomic mass is 10.1. The van der Waals surface area contributed by atoms with Crippen molar-refractivity contribution in [2.75, 3.05) is 19.0 Å². The summed E-state index contributed by atoms with van der Waals surface area (Å²) < 4.78 is 11.1. The minimum Gasteiger partial charge on any atom is -0.493 e. The van der Waals surface area contributed by atoms with Gasteiger partial charge in [0.15, 0.2) is 11.5 Å². The number of thioether (sulfide) groups is 1. The number of rotatable bonds is 7. The molecular formula is C25H28N2O5S. The molecule has 1 fully saturated rings. The number of benzene rings is 2. The maximum Gasteiger partial charge on any atom is 0.294 e. The van der Waals surface area contributed by atoms with Crippen LogP contribution in [0.25, 0.3) is 6.08 Å². The summed E-state index contributed by atoms with van der Waals surface area (Å²) in [6.07, 6.45) is 1.60. The van der Waals surface area contributed by atoms with Gasteiger partial charge >= 0.3 is 0 Å². The highest BCUT2D eigenvalue weighted by molar-refractivity contribution is 8.18. The zero-order valence-corrected chi connectivity index (χ0v) is 20.5. The van der Waals surface area contributed by atoms with Crippen LogP contribution in [0.4, 0.5) is 10.5 Å². The van der Waals surface area contributed by atoms with Gasteiger partial charge in [-0.1, -0.05) is 23.8 Å². The molecule has 8 heteroatoms. The maximum absolute atomic E-state index is 12.8. The summed E-state index contributed by atoms with van der Waals surface area (Å²) in [5.74, 6) is 0.195. The van der Waals surface area contributed by atoms with Crippen LogP contribution in [-0.2, 0) is 9.59 Å². The Balaban J connectivity index is 1.74. The predicted octanol–water partition coefficient (Wildman–Crippen LogP) is 5.08. The van der Waals surface area contributed by atoms with Crippen LogP contribution in [0.3, 0.4) is 0 Å². The van der Waals surface area contributed by atoms with E-state index in [0.29, 0.717) is 22.7 Å². The van der Waals surface area contributed by atoms with Crippen LogP contribution >= 0.6 is 11.8 Å². The highest BCUT2D eigenvalue weighted by atomic mass is 32.2. The number of methoxy groups -OCH3 is 1. The lowest BCUT2D eigenvalue weighted by Crippen LogP contribution is -2.36. The number of amides is 3. The summed E-state index contributed by atoms with van der Waals surface area (Å²) in [5, 5.41) is 2.35. The third-order valence-electron chi connectivity index (χ3n) is 4.96. The van der Waals surface area contributed by atoms with E-state index in [9.17, 15) is 14.4 Å². The average Bonchev–Trinajstić information content (AvgIpc) is 2.98. The molecule has 0 aliphatic carbocycles. The van der Waals surface area contributed by atoms with Crippen LogP contribution < -0.4 is 14.8 Å². The average molecular weight is 469 g/mol. The van der Waals surface area contributed by atoms with Gasteiger partial charge in [0.2, 0.25) is 5.91 Å². The van der Waals surface area contributed by atoms with Crippen LogP contribution in [0.2, 0.25) is 0 Å². The summed E-state index contributed by atoms with van der Waals surface area (Å²) in [7, 11) is 1.54. The number of nitrogens with zero attached hydrogens (tertiary/aromatic N) is 1. The highest BCUT2D eigenvalue weighted by Crippen LogP contribution is 2.35. The van der Waals surface area contributed by atoms with Crippen molar-refractivity contribution in [2.45, 2.75) is 40.7 Å². The number of hydrogen-bond donors (Lipinski definition) is 1. The molecule has 1 saturated heterocycles. The van der Waals surface area contributed by atoms with Gasteiger partial charge in [0, 0.05) is 5.69 Å². The molecule has 2 aromatic carbocycles. The normalized spacial score (nSPS) is 14.9. The first-order valence-corrected chi connectivity index (χ1v) is 11.4. The van der Waals surface area contributed by atoms with Gasteiger partial charge < -0.3 is 14.8 Å². The SMILES string of the molecule is COc1cc(/C=C2\SC(=O)N(CC(=O)Nc3c(C)cc(C)cc3C)C2=O)ccc1OC(C)C. The van der Waals surface area contributed by atoms with Crippen LogP contribution in [0.15, 0.2) is 35.2 Å². The van der Waals surface area contributed by atoms with Crippen molar-refractivity contribution in [3.8, 4) is 11.5 Å². The summed E-state index contributed by atoms with van der Waals surface area (Å²) in [6, 6.07) is 9.22. The van der Waals surface area contributed by atoms with Crippen molar-refractivity contribution in [3.63, 3.8) is 0 Å². The second-order valence-corrected chi connectivity index (χ2v) is 9.16. The molecule has 0 saturated carbocycles. The Hall–Kier alpha value is -3.26. The molecule has 174 valence electrons. The van der Waals surface area contributed by atoms with Gasteiger partial charge in [0.05, 0.1) is 18.1 Å². The van der Waals surface area contributed by atoms with E-state index >= 15 is 0 Å². The Kier molecular flexibility index (Phi) is 7.48. The number of anilines is 1. The van der Waals surface area contributed by atoms with E-state index in [1.165, 1.54) is 7.11 Å². The van der Waals surface area contributed by atoms with Crippen LogP contribution in [-0.4, -0.2) is 41.7 Å². The molecule has 2 aromatic rings. The number of carbonyl (C=O) groups excluding carboxylic acids is 3. The molecule has 0 bridgehead atoms. The van der Waals surface area contributed by atoms with Crippen molar-refractivity contribution in [2.24, 2.45) is 0 Å². The van der Waals surface area contributed by atoms with Crippen molar-refractivity contribution in [3.05, 3.63) is 57.5 Å². The Morgan fingerprint density at radius 1 is 1.09 bits per heavy atom. The fourth-order valence-electron chi connectivity index (χ4n) is 3.61. The van der Waals surface area contributed by atoms with E-state index in [4.69, 9.17) is 9.47 Å². The number of nitrogens with one attached hydrogen (secondary N) is 1. The van der Waals surface area contributed by atoms with Crippen molar-refractivity contribution in [1.29, 1.82) is 0 Å². The lowest BCUT2D eigenvalue weighted by Gasteiger charge is -2.16. The number of hydrogen-bond acceptors (Lipinski definition) is 6. The Morgan fingerprint density at radius 2 is 1.76 bits per heavy atom. The van der Waals surface area contributed by atoms with Gasteiger partial charge in [-0.15, -0.1) is 0 Å². The Morgan fingerprint density at radius 3 is 2.36 bits per heavy atom. The molecule has 3 amide bonds. The zero-order chi connectivity index (χ0) is 24.3. The van der Waals surface area contributed by atoms with Gasteiger partial charge in [-0.2, -0.15) is 0 Å².